The van der Waals surface area contributed by atoms with Crippen LogP contribution in [0.4, 0.5) is 0 Å². The molecule has 1 amide bonds. The van der Waals surface area contributed by atoms with E-state index in [0.29, 0.717) is 13.0 Å². The standard InChI is InChI=1S/C20H19BrN2O3S/c1-14-11-16(21)7-8-18(14)27-13-20(25)26-12-19(24)23-10-9-17(22-23)15-5-3-2-4-6-15/h2-8,11H,9-10,12-13H2,1H3. The second-order valence-electron chi connectivity index (χ2n) is 6.04. The van der Waals surface area contributed by atoms with Crippen LogP contribution in [0.2, 0.25) is 0 Å². The molecule has 3 rings (SSSR count). The molecule has 0 bridgehead atoms. The van der Waals surface area contributed by atoms with E-state index in [1.807, 2.05) is 55.5 Å². The molecule has 0 N–H and O–H groups in total. The zero-order valence-electron chi connectivity index (χ0n) is 14.9. The van der Waals surface area contributed by atoms with Crippen molar-refractivity contribution in [2.45, 2.75) is 18.2 Å². The molecular formula is C20H19BrN2O3S. The van der Waals surface area contributed by atoms with Gasteiger partial charge in [0.05, 0.1) is 18.0 Å². The number of rotatable bonds is 6. The summed E-state index contributed by atoms with van der Waals surface area (Å²) in [5, 5.41) is 5.73. The molecule has 0 saturated heterocycles. The van der Waals surface area contributed by atoms with Crippen molar-refractivity contribution in [1.29, 1.82) is 0 Å². The molecule has 2 aromatic rings. The lowest BCUT2D eigenvalue weighted by Crippen LogP contribution is -2.29. The van der Waals surface area contributed by atoms with Crippen molar-refractivity contribution >= 4 is 45.3 Å². The molecule has 0 aliphatic carbocycles. The van der Waals surface area contributed by atoms with Gasteiger partial charge in [0.1, 0.15) is 0 Å². The summed E-state index contributed by atoms with van der Waals surface area (Å²) in [7, 11) is 0. The summed E-state index contributed by atoms with van der Waals surface area (Å²) in [6.07, 6.45) is 0.697. The van der Waals surface area contributed by atoms with E-state index in [1.165, 1.54) is 16.8 Å². The number of thioether (sulfide) groups is 1. The van der Waals surface area contributed by atoms with E-state index in [1.54, 1.807) is 0 Å². The average Bonchev–Trinajstić information content (AvgIpc) is 3.16. The van der Waals surface area contributed by atoms with Gasteiger partial charge in [-0.15, -0.1) is 11.8 Å². The highest BCUT2D eigenvalue weighted by molar-refractivity contribution is 9.10. The number of carbonyl (C=O) groups is 2. The molecule has 0 radical (unpaired) electrons. The van der Waals surface area contributed by atoms with Gasteiger partial charge in [-0.2, -0.15) is 5.10 Å². The van der Waals surface area contributed by atoms with Gasteiger partial charge in [-0.05, 0) is 36.2 Å². The molecular weight excluding hydrogens is 428 g/mol. The van der Waals surface area contributed by atoms with Gasteiger partial charge >= 0.3 is 5.97 Å². The SMILES string of the molecule is Cc1cc(Br)ccc1SCC(=O)OCC(=O)N1CCC(c2ccccc2)=N1. The van der Waals surface area contributed by atoms with Gasteiger partial charge in [0.15, 0.2) is 6.61 Å². The first kappa shape index (κ1) is 19.6. The summed E-state index contributed by atoms with van der Waals surface area (Å²) in [5.74, 6) is -0.560. The van der Waals surface area contributed by atoms with Gasteiger partial charge in [0, 0.05) is 15.8 Å². The minimum atomic E-state index is -0.415. The van der Waals surface area contributed by atoms with Crippen LogP contribution in [0.3, 0.4) is 0 Å². The fourth-order valence-corrected chi connectivity index (χ4v) is 3.92. The number of nitrogens with zero attached hydrogens (tertiary/aromatic N) is 2. The van der Waals surface area contributed by atoms with Crippen LogP contribution in [0, 0.1) is 6.92 Å². The maximum Gasteiger partial charge on any atom is 0.316 e. The molecule has 0 atom stereocenters. The Morgan fingerprint density at radius 3 is 2.74 bits per heavy atom. The summed E-state index contributed by atoms with van der Waals surface area (Å²) >= 11 is 4.81. The number of benzene rings is 2. The molecule has 0 spiro atoms. The van der Waals surface area contributed by atoms with Crippen molar-refractivity contribution in [1.82, 2.24) is 5.01 Å². The Labute approximate surface area is 170 Å². The van der Waals surface area contributed by atoms with Gasteiger partial charge in [-0.1, -0.05) is 46.3 Å². The molecule has 5 nitrogen and oxygen atoms in total. The molecule has 1 aliphatic rings. The highest BCUT2D eigenvalue weighted by atomic mass is 79.9. The van der Waals surface area contributed by atoms with E-state index >= 15 is 0 Å². The normalized spacial score (nSPS) is 13.4. The van der Waals surface area contributed by atoms with Crippen LogP contribution in [-0.2, 0) is 14.3 Å². The topological polar surface area (TPSA) is 59.0 Å². The largest absolute Gasteiger partial charge is 0.455 e. The highest BCUT2D eigenvalue weighted by Gasteiger charge is 2.22. The van der Waals surface area contributed by atoms with Gasteiger partial charge in [0.2, 0.25) is 0 Å². The molecule has 1 heterocycles. The molecule has 7 heteroatoms. The van der Waals surface area contributed by atoms with Crippen molar-refractivity contribution in [3.05, 3.63) is 64.1 Å². The Morgan fingerprint density at radius 2 is 2.00 bits per heavy atom. The van der Waals surface area contributed by atoms with Crippen molar-refractivity contribution in [3.8, 4) is 0 Å². The highest BCUT2D eigenvalue weighted by Crippen LogP contribution is 2.25. The first-order valence-corrected chi connectivity index (χ1v) is 10.3. The van der Waals surface area contributed by atoms with E-state index < -0.39 is 5.97 Å². The zero-order chi connectivity index (χ0) is 19.2. The molecule has 0 unspecified atom stereocenters. The third kappa shape index (κ3) is 5.43. The monoisotopic (exact) mass is 446 g/mol. The van der Waals surface area contributed by atoms with Crippen LogP contribution in [-0.4, -0.2) is 41.5 Å². The Morgan fingerprint density at radius 1 is 1.22 bits per heavy atom. The fraction of sp³-hybridized carbons (Fsp3) is 0.250. The number of aryl methyl sites for hydroxylation is 1. The van der Waals surface area contributed by atoms with E-state index in [0.717, 1.165) is 26.2 Å². The lowest BCUT2D eigenvalue weighted by atomic mass is 10.1. The Balaban J connectivity index is 1.46. The third-order valence-electron chi connectivity index (χ3n) is 4.04. The number of amides is 1. The number of ether oxygens (including phenoxy) is 1. The predicted molar refractivity (Wildman–Crippen MR) is 110 cm³/mol. The summed E-state index contributed by atoms with van der Waals surface area (Å²) in [6.45, 7) is 2.20. The second kappa shape index (κ2) is 9.19. The first-order valence-electron chi connectivity index (χ1n) is 8.51. The average molecular weight is 447 g/mol. The number of hydrogen-bond acceptors (Lipinski definition) is 5. The smallest absolute Gasteiger partial charge is 0.316 e. The van der Waals surface area contributed by atoms with Crippen LogP contribution < -0.4 is 0 Å². The third-order valence-corrected chi connectivity index (χ3v) is 5.68. The van der Waals surface area contributed by atoms with Crippen molar-refractivity contribution < 1.29 is 14.3 Å². The fourth-order valence-electron chi connectivity index (χ4n) is 2.64. The minimum absolute atomic E-state index is 0.161. The number of hydrogen-bond donors (Lipinski definition) is 0. The summed E-state index contributed by atoms with van der Waals surface area (Å²) in [6, 6.07) is 15.6. The molecule has 1 aliphatic heterocycles. The van der Waals surface area contributed by atoms with E-state index in [-0.39, 0.29) is 18.3 Å². The molecule has 0 saturated carbocycles. The minimum Gasteiger partial charge on any atom is -0.455 e. The molecule has 0 fully saturated rings. The quantitative estimate of drug-likeness (QED) is 0.496. The molecule has 0 aromatic heterocycles. The first-order chi connectivity index (χ1) is 13.0. The van der Waals surface area contributed by atoms with Crippen LogP contribution in [0.5, 0.6) is 0 Å². The Kier molecular flexibility index (Phi) is 6.68. The van der Waals surface area contributed by atoms with E-state index in [4.69, 9.17) is 4.74 Å². The molecule has 2 aromatic carbocycles. The number of carbonyl (C=O) groups excluding carboxylic acids is 2. The van der Waals surface area contributed by atoms with Gasteiger partial charge in [0.25, 0.3) is 5.91 Å². The van der Waals surface area contributed by atoms with Crippen molar-refractivity contribution in [2.24, 2.45) is 5.10 Å². The van der Waals surface area contributed by atoms with Crippen LogP contribution in [0.25, 0.3) is 0 Å². The van der Waals surface area contributed by atoms with Crippen LogP contribution >= 0.6 is 27.7 Å². The molecule has 27 heavy (non-hydrogen) atoms. The second-order valence-corrected chi connectivity index (χ2v) is 7.97. The van der Waals surface area contributed by atoms with Crippen molar-refractivity contribution in [2.75, 3.05) is 18.9 Å². The van der Waals surface area contributed by atoms with E-state index in [9.17, 15) is 9.59 Å². The lowest BCUT2D eigenvalue weighted by molar-refractivity contribution is -0.149. The van der Waals surface area contributed by atoms with E-state index in [2.05, 4.69) is 21.0 Å². The number of esters is 1. The summed E-state index contributed by atoms with van der Waals surface area (Å²) in [4.78, 5) is 25.2. The summed E-state index contributed by atoms with van der Waals surface area (Å²) < 4.78 is 6.11. The van der Waals surface area contributed by atoms with Crippen molar-refractivity contribution in [3.63, 3.8) is 0 Å². The molecule has 140 valence electrons. The lowest BCUT2D eigenvalue weighted by Gasteiger charge is -2.11. The Hall–Kier alpha value is -2.12. The number of halogens is 1. The van der Waals surface area contributed by atoms with Crippen LogP contribution in [0.15, 0.2) is 63.0 Å². The zero-order valence-corrected chi connectivity index (χ0v) is 17.3. The van der Waals surface area contributed by atoms with Crippen LogP contribution in [0.1, 0.15) is 17.5 Å². The maximum atomic E-state index is 12.2. The predicted octanol–water partition coefficient (Wildman–Crippen LogP) is 4.03. The Bertz CT molecular complexity index is 871. The summed E-state index contributed by atoms with van der Waals surface area (Å²) in [5.41, 5.74) is 2.96. The maximum absolute atomic E-state index is 12.2. The van der Waals surface area contributed by atoms with Gasteiger partial charge in [-0.3, -0.25) is 9.59 Å². The van der Waals surface area contributed by atoms with Gasteiger partial charge in [-0.25, -0.2) is 5.01 Å². The number of hydrazone groups is 1. The van der Waals surface area contributed by atoms with Gasteiger partial charge < -0.3 is 4.74 Å².